The van der Waals surface area contributed by atoms with Gasteiger partial charge in [0.2, 0.25) is 5.95 Å². The zero-order valence-corrected chi connectivity index (χ0v) is 14.5. The lowest BCUT2D eigenvalue weighted by molar-refractivity contribution is 0.212. The Morgan fingerprint density at radius 1 is 1.12 bits per heavy atom. The zero-order valence-electron chi connectivity index (χ0n) is 14.5. The largest absolute Gasteiger partial charge is 0.507 e. The van der Waals surface area contributed by atoms with E-state index in [1.807, 2.05) is 12.1 Å². The van der Waals surface area contributed by atoms with Crippen LogP contribution < -0.4 is 4.90 Å². The van der Waals surface area contributed by atoms with Gasteiger partial charge in [0.25, 0.3) is 0 Å². The maximum absolute atomic E-state index is 14.2. The second-order valence-electron chi connectivity index (χ2n) is 6.71. The number of alkyl halides is 1. The summed E-state index contributed by atoms with van der Waals surface area (Å²) in [6.45, 7) is 0. The van der Waals surface area contributed by atoms with Gasteiger partial charge in [0.1, 0.15) is 17.6 Å². The first kappa shape index (κ1) is 16.6. The molecule has 2 aromatic heterocycles. The number of phenols is 1. The summed E-state index contributed by atoms with van der Waals surface area (Å²) in [5.74, 6) is 0.492. The van der Waals surface area contributed by atoms with Crippen LogP contribution in [-0.2, 0) is 0 Å². The van der Waals surface area contributed by atoms with E-state index in [2.05, 4.69) is 20.2 Å². The van der Waals surface area contributed by atoms with E-state index in [9.17, 15) is 9.50 Å². The number of fused-ring (bicyclic) bond motifs is 1. The van der Waals surface area contributed by atoms with Crippen LogP contribution >= 0.6 is 0 Å². The lowest BCUT2D eigenvalue weighted by Gasteiger charge is -2.33. The fraction of sp³-hybridized carbons (Fsp3) is 0.368. The van der Waals surface area contributed by atoms with E-state index in [1.165, 1.54) is 0 Å². The van der Waals surface area contributed by atoms with Crippen LogP contribution in [0.2, 0.25) is 0 Å². The molecule has 0 amide bonds. The van der Waals surface area contributed by atoms with Gasteiger partial charge in [-0.25, -0.2) is 9.37 Å². The molecule has 0 radical (unpaired) electrons. The van der Waals surface area contributed by atoms with Crippen LogP contribution in [0.25, 0.3) is 22.0 Å². The average molecular weight is 353 g/mol. The lowest BCUT2D eigenvalue weighted by Crippen LogP contribution is -2.42. The van der Waals surface area contributed by atoms with Crippen LogP contribution in [0.4, 0.5) is 10.3 Å². The molecule has 1 saturated carbocycles. The van der Waals surface area contributed by atoms with Crippen LogP contribution in [0.5, 0.6) is 5.75 Å². The van der Waals surface area contributed by atoms with Gasteiger partial charge in [-0.15, -0.1) is 10.2 Å². The van der Waals surface area contributed by atoms with Gasteiger partial charge in [0, 0.05) is 30.4 Å². The van der Waals surface area contributed by atoms with Crippen LogP contribution in [-0.4, -0.2) is 44.5 Å². The predicted molar refractivity (Wildman–Crippen MR) is 97.8 cm³/mol. The van der Waals surface area contributed by atoms with E-state index in [0.717, 1.165) is 30.0 Å². The zero-order chi connectivity index (χ0) is 18.1. The Labute approximate surface area is 150 Å². The van der Waals surface area contributed by atoms with Gasteiger partial charge in [-0.1, -0.05) is 12.8 Å². The topological polar surface area (TPSA) is 75.0 Å². The first-order chi connectivity index (χ1) is 12.6. The van der Waals surface area contributed by atoms with Crippen molar-refractivity contribution in [2.24, 2.45) is 0 Å². The molecule has 1 N–H and O–H groups in total. The molecule has 1 aliphatic rings. The van der Waals surface area contributed by atoms with Crippen LogP contribution in [0.1, 0.15) is 25.7 Å². The molecule has 134 valence electrons. The number of phenolic OH excluding ortho intramolecular Hbond substituents is 1. The SMILES string of the molecule is CN(c1ncc(-c2cc3ccncc3cc2O)nn1)[C@@H]1CCCC[C@H]1F. The van der Waals surface area contributed by atoms with Gasteiger partial charge in [0.15, 0.2) is 0 Å². The summed E-state index contributed by atoms with van der Waals surface area (Å²) < 4.78 is 14.2. The molecular formula is C19H20FN5O. The van der Waals surface area contributed by atoms with Crippen molar-refractivity contribution in [1.82, 2.24) is 20.2 Å². The summed E-state index contributed by atoms with van der Waals surface area (Å²) in [5.41, 5.74) is 1.03. The number of halogens is 1. The van der Waals surface area contributed by atoms with Crippen molar-refractivity contribution in [3.8, 4) is 17.0 Å². The molecule has 0 saturated heterocycles. The Bertz CT molecular complexity index is 917. The maximum atomic E-state index is 14.2. The van der Waals surface area contributed by atoms with E-state index in [-0.39, 0.29) is 11.8 Å². The van der Waals surface area contributed by atoms with Crippen molar-refractivity contribution in [3.05, 3.63) is 36.8 Å². The molecule has 0 spiro atoms. The number of hydrogen-bond acceptors (Lipinski definition) is 6. The summed E-state index contributed by atoms with van der Waals surface area (Å²) in [4.78, 5) is 10.2. The quantitative estimate of drug-likeness (QED) is 0.777. The van der Waals surface area contributed by atoms with Gasteiger partial charge in [0.05, 0.1) is 12.2 Å². The summed E-state index contributed by atoms with van der Waals surface area (Å²) >= 11 is 0. The normalized spacial score (nSPS) is 20.2. The molecule has 1 fully saturated rings. The fourth-order valence-corrected chi connectivity index (χ4v) is 3.53. The molecule has 0 unspecified atom stereocenters. The number of nitrogens with zero attached hydrogens (tertiary/aromatic N) is 5. The van der Waals surface area contributed by atoms with Crippen molar-refractivity contribution in [2.75, 3.05) is 11.9 Å². The number of benzene rings is 1. The minimum absolute atomic E-state index is 0.0961. The number of aromatic hydroxyl groups is 1. The Balaban J connectivity index is 1.62. The fourth-order valence-electron chi connectivity index (χ4n) is 3.53. The van der Waals surface area contributed by atoms with Crippen molar-refractivity contribution in [3.63, 3.8) is 0 Å². The molecule has 1 aromatic carbocycles. The van der Waals surface area contributed by atoms with Crippen molar-refractivity contribution >= 4 is 16.7 Å². The highest BCUT2D eigenvalue weighted by Crippen LogP contribution is 2.32. The highest BCUT2D eigenvalue weighted by molar-refractivity contribution is 5.89. The van der Waals surface area contributed by atoms with Crippen LogP contribution in [0.15, 0.2) is 36.8 Å². The second kappa shape index (κ2) is 6.82. The van der Waals surface area contributed by atoms with E-state index >= 15 is 0 Å². The van der Waals surface area contributed by atoms with Crippen LogP contribution in [0.3, 0.4) is 0 Å². The standard InChI is InChI=1S/C19H20FN5O/c1-25(17-5-3-2-4-15(17)20)19-22-11-16(23-24-19)14-8-12-6-7-21-10-13(12)9-18(14)26/h6-11,15,17,26H,2-5H2,1H3/t15-,17-/m1/s1. The van der Waals surface area contributed by atoms with Crippen molar-refractivity contribution < 1.29 is 9.50 Å². The molecule has 7 heteroatoms. The summed E-state index contributed by atoms with van der Waals surface area (Å²) in [5, 5.41) is 20.4. The number of anilines is 1. The molecule has 0 bridgehead atoms. The molecule has 6 nitrogen and oxygen atoms in total. The van der Waals surface area contributed by atoms with Crippen molar-refractivity contribution in [1.29, 1.82) is 0 Å². The highest BCUT2D eigenvalue weighted by atomic mass is 19.1. The van der Waals surface area contributed by atoms with E-state index < -0.39 is 6.17 Å². The highest BCUT2D eigenvalue weighted by Gasteiger charge is 2.29. The second-order valence-corrected chi connectivity index (χ2v) is 6.71. The third kappa shape index (κ3) is 3.05. The number of aromatic nitrogens is 4. The third-order valence-corrected chi connectivity index (χ3v) is 5.04. The third-order valence-electron chi connectivity index (χ3n) is 5.04. The first-order valence-corrected chi connectivity index (χ1v) is 8.77. The summed E-state index contributed by atoms with van der Waals surface area (Å²) in [6, 6.07) is 5.14. The molecule has 4 rings (SSSR count). The molecule has 3 aromatic rings. The molecule has 2 atom stereocenters. The van der Waals surface area contributed by atoms with E-state index in [1.54, 1.807) is 36.6 Å². The van der Waals surface area contributed by atoms with Gasteiger partial charge in [-0.3, -0.25) is 4.98 Å². The van der Waals surface area contributed by atoms with Gasteiger partial charge >= 0.3 is 0 Å². The van der Waals surface area contributed by atoms with Crippen LogP contribution in [0, 0.1) is 0 Å². The van der Waals surface area contributed by atoms with Gasteiger partial charge in [-0.05, 0) is 36.4 Å². The Hall–Kier alpha value is -2.83. The molecule has 1 aliphatic carbocycles. The molecule has 26 heavy (non-hydrogen) atoms. The van der Waals surface area contributed by atoms with Gasteiger partial charge in [-0.2, -0.15) is 0 Å². The summed E-state index contributed by atoms with van der Waals surface area (Å²) in [7, 11) is 1.81. The maximum Gasteiger partial charge on any atom is 0.245 e. The average Bonchev–Trinajstić information content (AvgIpc) is 2.67. The number of hydrogen-bond donors (Lipinski definition) is 1. The summed E-state index contributed by atoms with van der Waals surface area (Å²) in [6.07, 6.45) is 7.41. The number of rotatable bonds is 3. The Morgan fingerprint density at radius 3 is 2.73 bits per heavy atom. The number of pyridine rings is 1. The Morgan fingerprint density at radius 2 is 1.96 bits per heavy atom. The first-order valence-electron chi connectivity index (χ1n) is 8.77. The minimum Gasteiger partial charge on any atom is -0.507 e. The van der Waals surface area contributed by atoms with E-state index in [0.29, 0.717) is 23.6 Å². The Kier molecular flexibility index (Phi) is 4.36. The lowest BCUT2D eigenvalue weighted by atomic mass is 9.93. The molecule has 0 aliphatic heterocycles. The predicted octanol–water partition coefficient (Wildman–Crippen LogP) is 3.51. The molecular weight excluding hydrogens is 333 g/mol. The smallest absolute Gasteiger partial charge is 0.245 e. The van der Waals surface area contributed by atoms with Crippen molar-refractivity contribution in [2.45, 2.75) is 37.9 Å². The van der Waals surface area contributed by atoms with Gasteiger partial charge < -0.3 is 10.0 Å². The van der Waals surface area contributed by atoms with E-state index in [4.69, 9.17) is 0 Å². The monoisotopic (exact) mass is 353 g/mol. The minimum atomic E-state index is -0.866. The molecule has 2 heterocycles.